The Bertz CT molecular complexity index is 750. The molecule has 0 saturated carbocycles. The Morgan fingerprint density at radius 1 is 1.37 bits per heavy atom. The van der Waals surface area contributed by atoms with Crippen molar-refractivity contribution in [3.63, 3.8) is 0 Å². The Morgan fingerprint density at radius 3 is 2.70 bits per heavy atom. The van der Waals surface area contributed by atoms with Crippen molar-refractivity contribution in [2.45, 2.75) is 30.9 Å². The van der Waals surface area contributed by atoms with E-state index in [-0.39, 0.29) is 11.6 Å². The molecule has 1 aromatic heterocycles. The minimum Gasteiger partial charge on any atom is -0.467 e. The number of rotatable bonds is 9. The van der Waals surface area contributed by atoms with Gasteiger partial charge in [0.15, 0.2) is 5.69 Å². The van der Waals surface area contributed by atoms with Crippen LogP contribution in [0.2, 0.25) is 0 Å². The molecule has 1 heterocycles. The first kappa shape index (κ1) is 20.9. The van der Waals surface area contributed by atoms with Gasteiger partial charge in [0.05, 0.1) is 13.2 Å². The monoisotopic (exact) mass is 393 g/mol. The number of benzene rings is 1. The van der Waals surface area contributed by atoms with Crippen LogP contribution >= 0.6 is 11.8 Å². The van der Waals surface area contributed by atoms with E-state index in [1.807, 2.05) is 30.3 Å². The van der Waals surface area contributed by atoms with Gasteiger partial charge in [-0.25, -0.2) is 9.78 Å². The number of ether oxygens (including phenoxy) is 1. The maximum absolute atomic E-state index is 12.4. The van der Waals surface area contributed by atoms with Crippen molar-refractivity contribution in [2.75, 3.05) is 12.9 Å². The molecule has 0 radical (unpaired) electrons. The number of nitrogens with zero attached hydrogens (tertiary/aromatic N) is 1. The fraction of sp³-hybridized carbons (Fsp3) is 0.389. The van der Waals surface area contributed by atoms with Crippen molar-refractivity contribution in [1.29, 1.82) is 0 Å². The molecule has 1 amide bonds. The molecule has 1 aromatic carbocycles. The van der Waals surface area contributed by atoms with Crippen molar-refractivity contribution in [3.8, 4) is 0 Å². The van der Waals surface area contributed by atoms with Gasteiger partial charge in [-0.1, -0.05) is 30.3 Å². The molecule has 0 aliphatic carbocycles. The van der Waals surface area contributed by atoms with E-state index in [2.05, 4.69) is 10.3 Å². The summed E-state index contributed by atoms with van der Waals surface area (Å²) in [7, 11) is 1.26. The Kier molecular flexibility index (Phi) is 7.83. The molecule has 8 nitrogen and oxygen atoms in total. The number of aromatic nitrogens is 1. The minimum absolute atomic E-state index is 0.0249. The molecule has 27 heavy (non-hydrogen) atoms. The Labute approximate surface area is 161 Å². The van der Waals surface area contributed by atoms with Gasteiger partial charge < -0.3 is 25.3 Å². The predicted octanol–water partition coefficient (Wildman–Crippen LogP) is 1.26. The lowest BCUT2D eigenvalue weighted by Gasteiger charge is -2.15. The first-order valence-electron chi connectivity index (χ1n) is 8.31. The Hall–Kier alpha value is -2.36. The second kappa shape index (κ2) is 10.1. The van der Waals surface area contributed by atoms with E-state index in [0.717, 1.165) is 11.8 Å². The van der Waals surface area contributed by atoms with Crippen molar-refractivity contribution < 1.29 is 23.8 Å². The third-order valence-corrected chi connectivity index (χ3v) is 4.85. The molecule has 3 atom stereocenters. The summed E-state index contributed by atoms with van der Waals surface area (Å²) < 4.78 is 9.90. The van der Waals surface area contributed by atoms with E-state index in [4.69, 9.17) is 14.9 Å². The molecule has 0 aliphatic heterocycles. The zero-order valence-corrected chi connectivity index (χ0v) is 15.9. The van der Waals surface area contributed by atoms with Crippen LogP contribution in [0.4, 0.5) is 0 Å². The number of thioether (sulfide) groups is 1. The summed E-state index contributed by atoms with van der Waals surface area (Å²) in [5.41, 5.74) is 6.82. The van der Waals surface area contributed by atoms with Crippen LogP contribution in [-0.2, 0) is 15.3 Å². The van der Waals surface area contributed by atoms with Crippen molar-refractivity contribution in [3.05, 3.63) is 53.7 Å². The van der Waals surface area contributed by atoms with E-state index in [0.29, 0.717) is 11.5 Å². The molecule has 3 unspecified atom stereocenters. The summed E-state index contributed by atoms with van der Waals surface area (Å²) in [6.45, 7) is 1.49. The molecule has 146 valence electrons. The maximum Gasteiger partial charge on any atom is 0.329 e. The third kappa shape index (κ3) is 6.09. The number of hydrogen-bond donors (Lipinski definition) is 3. The number of amides is 1. The topological polar surface area (TPSA) is 128 Å². The number of nitrogens with one attached hydrogen (secondary N) is 1. The van der Waals surface area contributed by atoms with Gasteiger partial charge in [-0.2, -0.15) is 11.8 Å². The van der Waals surface area contributed by atoms with Gasteiger partial charge in [0.25, 0.3) is 5.91 Å². The van der Waals surface area contributed by atoms with Crippen LogP contribution in [0, 0.1) is 0 Å². The lowest BCUT2D eigenvalue weighted by Crippen LogP contribution is -2.43. The number of aliphatic hydroxyl groups excluding tert-OH is 1. The molecular formula is C18H23N3O5S. The number of esters is 1. The molecule has 9 heteroatoms. The van der Waals surface area contributed by atoms with Gasteiger partial charge in [0.1, 0.15) is 18.3 Å². The predicted molar refractivity (Wildman–Crippen MR) is 101 cm³/mol. The maximum atomic E-state index is 12.4. The minimum atomic E-state index is -0.878. The molecule has 2 aromatic rings. The highest BCUT2D eigenvalue weighted by molar-refractivity contribution is 7.98. The van der Waals surface area contributed by atoms with E-state index in [9.17, 15) is 14.7 Å². The molecule has 0 saturated heterocycles. The van der Waals surface area contributed by atoms with Crippen molar-refractivity contribution in [1.82, 2.24) is 10.3 Å². The van der Waals surface area contributed by atoms with Crippen LogP contribution in [0.5, 0.6) is 0 Å². The number of aliphatic hydroxyl groups is 1. The second-order valence-corrected chi connectivity index (χ2v) is 6.92. The van der Waals surface area contributed by atoms with Crippen LogP contribution in [0.15, 0.2) is 41.0 Å². The number of nitrogens with two attached hydrogens (primary N) is 1. The second-order valence-electron chi connectivity index (χ2n) is 5.89. The number of carbonyl (C=O) groups excluding carboxylic acids is 2. The third-order valence-electron chi connectivity index (χ3n) is 3.75. The molecule has 0 bridgehead atoms. The molecular weight excluding hydrogens is 370 g/mol. The van der Waals surface area contributed by atoms with E-state index >= 15 is 0 Å². The lowest BCUT2D eigenvalue weighted by molar-refractivity contribution is -0.142. The summed E-state index contributed by atoms with van der Waals surface area (Å²) in [6, 6.07) is 8.11. The van der Waals surface area contributed by atoms with Crippen molar-refractivity contribution >= 4 is 23.6 Å². The summed E-state index contributed by atoms with van der Waals surface area (Å²) in [5, 5.41) is 12.1. The standard InChI is InChI=1S/C18H23N3O5S/c1-11(22)15(19)17-21-13(8-26-17)16(23)20-14(18(24)25-2)10-27-9-12-6-4-3-5-7-12/h3-8,11,14-15,22H,9-10,19H2,1-2H3,(H,20,23). The van der Waals surface area contributed by atoms with Gasteiger partial charge in [-0.05, 0) is 12.5 Å². The summed E-state index contributed by atoms with van der Waals surface area (Å²) >= 11 is 1.50. The fourth-order valence-electron chi connectivity index (χ4n) is 2.16. The summed E-state index contributed by atoms with van der Waals surface area (Å²) in [6.07, 6.45) is 0.259. The number of hydrogen-bond acceptors (Lipinski definition) is 8. The summed E-state index contributed by atoms with van der Waals surface area (Å²) in [5.74, 6) is -0.0534. The number of carbonyl (C=O) groups is 2. The SMILES string of the molecule is COC(=O)C(CSCc1ccccc1)NC(=O)c1coc(C(N)C(C)O)n1. The fourth-order valence-corrected chi connectivity index (χ4v) is 3.16. The molecule has 4 N–H and O–H groups in total. The smallest absolute Gasteiger partial charge is 0.329 e. The zero-order chi connectivity index (χ0) is 19.8. The van der Waals surface area contributed by atoms with Gasteiger partial charge in [0.2, 0.25) is 5.89 Å². The zero-order valence-electron chi connectivity index (χ0n) is 15.1. The normalized spacial score (nSPS) is 14.2. The van der Waals surface area contributed by atoms with Gasteiger partial charge >= 0.3 is 5.97 Å². The van der Waals surface area contributed by atoms with E-state index < -0.39 is 30.1 Å². The first-order chi connectivity index (χ1) is 12.9. The van der Waals surface area contributed by atoms with Crippen LogP contribution in [-0.4, -0.2) is 47.0 Å². The first-order valence-corrected chi connectivity index (χ1v) is 9.47. The highest BCUT2D eigenvalue weighted by atomic mass is 32.2. The molecule has 2 rings (SSSR count). The van der Waals surface area contributed by atoms with Gasteiger partial charge in [-0.15, -0.1) is 0 Å². The molecule has 0 aliphatic rings. The quantitative estimate of drug-likeness (QED) is 0.543. The molecule has 0 fully saturated rings. The van der Waals surface area contributed by atoms with Gasteiger partial charge in [0, 0.05) is 11.5 Å². The average molecular weight is 393 g/mol. The largest absolute Gasteiger partial charge is 0.467 e. The Morgan fingerprint density at radius 2 is 2.07 bits per heavy atom. The van der Waals surface area contributed by atoms with Crippen LogP contribution < -0.4 is 11.1 Å². The van der Waals surface area contributed by atoms with Crippen LogP contribution in [0.25, 0.3) is 0 Å². The Balaban J connectivity index is 1.96. The lowest BCUT2D eigenvalue weighted by atomic mass is 10.2. The summed E-state index contributed by atoms with van der Waals surface area (Å²) in [4.78, 5) is 28.3. The molecule has 0 spiro atoms. The van der Waals surface area contributed by atoms with Crippen LogP contribution in [0.1, 0.15) is 34.9 Å². The van der Waals surface area contributed by atoms with Crippen LogP contribution in [0.3, 0.4) is 0 Å². The van der Waals surface area contributed by atoms with Gasteiger partial charge in [-0.3, -0.25) is 4.79 Å². The number of oxazole rings is 1. The highest BCUT2D eigenvalue weighted by Gasteiger charge is 2.25. The number of methoxy groups -OCH3 is 1. The van der Waals surface area contributed by atoms with E-state index in [1.54, 1.807) is 0 Å². The van der Waals surface area contributed by atoms with E-state index in [1.165, 1.54) is 25.8 Å². The highest BCUT2D eigenvalue weighted by Crippen LogP contribution is 2.15. The van der Waals surface area contributed by atoms with Crippen molar-refractivity contribution in [2.24, 2.45) is 5.73 Å². The average Bonchev–Trinajstić information content (AvgIpc) is 3.16.